The van der Waals surface area contributed by atoms with Crippen molar-refractivity contribution in [2.24, 2.45) is 5.73 Å². The van der Waals surface area contributed by atoms with E-state index in [-0.39, 0.29) is 5.84 Å². The summed E-state index contributed by atoms with van der Waals surface area (Å²) in [4.78, 5) is 0. The topological polar surface area (TPSA) is 59.1 Å². The number of hydrogen-bond donors (Lipinski definition) is 2. The summed E-state index contributed by atoms with van der Waals surface area (Å²) in [6.07, 6.45) is 0. The van der Waals surface area contributed by atoms with Crippen molar-refractivity contribution in [1.29, 1.82) is 5.41 Å². The van der Waals surface area contributed by atoms with E-state index in [1.165, 1.54) is 0 Å². The monoisotopic (exact) mass is 358 g/mol. The second-order valence-corrected chi connectivity index (χ2v) is 5.43. The van der Waals surface area contributed by atoms with Gasteiger partial charge < -0.3 is 10.5 Å². The number of amidine groups is 1. The first-order valence-corrected chi connectivity index (χ1v) is 6.79. The van der Waals surface area contributed by atoms with Gasteiger partial charge in [0.15, 0.2) is 0 Å². The van der Waals surface area contributed by atoms with E-state index < -0.39 is 0 Å². The number of halogens is 3. The van der Waals surface area contributed by atoms with E-state index >= 15 is 0 Å². The molecule has 0 saturated carbocycles. The third kappa shape index (κ3) is 3.41. The summed E-state index contributed by atoms with van der Waals surface area (Å²) < 4.78 is 6.36. The van der Waals surface area contributed by atoms with Crippen LogP contribution in [0, 0.1) is 5.41 Å². The van der Waals surface area contributed by atoms with Gasteiger partial charge in [0.25, 0.3) is 0 Å². The number of ether oxygens (including phenoxy) is 1. The predicted octanol–water partition coefficient (Wildman–Crippen LogP) is 4.83. The highest BCUT2D eigenvalue weighted by molar-refractivity contribution is 9.10. The molecule has 0 heterocycles. The minimum atomic E-state index is -0.00645. The number of nitrogens with one attached hydrogen (secondary N) is 1. The Labute approximate surface area is 128 Å². The summed E-state index contributed by atoms with van der Waals surface area (Å²) in [6, 6.07) is 10.1. The largest absolute Gasteiger partial charge is 0.455 e. The summed E-state index contributed by atoms with van der Waals surface area (Å²) in [5, 5.41) is 8.37. The number of benzene rings is 2. The van der Waals surface area contributed by atoms with E-state index in [0.29, 0.717) is 31.6 Å². The Morgan fingerprint density at radius 3 is 2.47 bits per heavy atom. The SMILES string of the molecule is N=C(N)c1ccc(Oc2cc(Cl)ccc2Cl)c(Br)c1. The Kier molecular flexibility index (Phi) is 4.34. The zero-order valence-corrected chi connectivity index (χ0v) is 12.7. The lowest BCUT2D eigenvalue weighted by molar-refractivity contribution is 0.480. The number of nitrogens with two attached hydrogens (primary N) is 1. The van der Waals surface area contributed by atoms with Gasteiger partial charge in [0, 0.05) is 16.7 Å². The molecule has 2 aromatic rings. The fourth-order valence-corrected chi connectivity index (χ4v) is 2.20. The van der Waals surface area contributed by atoms with Gasteiger partial charge in [-0.25, -0.2) is 0 Å². The van der Waals surface area contributed by atoms with Crippen LogP contribution in [0.3, 0.4) is 0 Å². The average molecular weight is 360 g/mol. The fraction of sp³-hybridized carbons (Fsp3) is 0. The third-order valence-electron chi connectivity index (χ3n) is 2.36. The van der Waals surface area contributed by atoms with Crippen molar-refractivity contribution in [3.63, 3.8) is 0 Å². The van der Waals surface area contributed by atoms with E-state index in [4.69, 9.17) is 39.1 Å². The average Bonchev–Trinajstić information content (AvgIpc) is 2.36. The smallest absolute Gasteiger partial charge is 0.147 e. The molecule has 3 N–H and O–H groups in total. The minimum Gasteiger partial charge on any atom is -0.455 e. The van der Waals surface area contributed by atoms with Crippen molar-refractivity contribution in [1.82, 2.24) is 0 Å². The summed E-state index contributed by atoms with van der Waals surface area (Å²) in [5.74, 6) is 1.02. The molecule has 0 amide bonds. The number of hydrogen-bond acceptors (Lipinski definition) is 2. The second-order valence-electron chi connectivity index (χ2n) is 3.74. The zero-order valence-electron chi connectivity index (χ0n) is 9.58. The maximum Gasteiger partial charge on any atom is 0.147 e. The molecule has 0 aromatic heterocycles. The van der Waals surface area contributed by atoms with Crippen molar-refractivity contribution >= 4 is 45.0 Å². The molecule has 98 valence electrons. The molecule has 0 aliphatic rings. The molecular weight excluding hydrogens is 351 g/mol. The molecule has 0 bridgehead atoms. The van der Waals surface area contributed by atoms with Gasteiger partial charge in [0.05, 0.1) is 9.50 Å². The van der Waals surface area contributed by atoms with Crippen LogP contribution in [0.5, 0.6) is 11.5 Å². The van der Waals surface area contributed by atoms with Crippen molar-refractivity contribution in [3.05, 3.63) is 56.5 Å². The van der Waals surface area contributed by atoms with Crippen LogP contribution in [0.2, 0.25) is 10.0 Å². The maximum atomic E-state index is 7.36. The first kappa shape index (κ1) is 14.2. The van der Waals surface area contributed by atoms with Crippen LogP contribution < -0.4 is 10.5 Å². The van der Waals surface area contributed by atoms with E-state index in [1.54, 1.807) is 36.4 Å². The lowest BCUT2D eigenvalue weighted by Gasteiger charge is -2.10. The quantitative estimate of drug-likeness (QED) is 0.608. The van der Waals surface area contributed by atoms with Gasteiger partial charge in [-0.3, -0.25) is 5.41 Å². The molecule has 0 aliphatic heterocycles. The Morgan fingerprint density at radius 2 is 1.84 bits per heavy atom. The van der Waals surface area contributed by atoms with Crippen LogP contribution >= 0.6 is 39.1 Å². The van der Waals surface area contributed by atoms with Gasteiger partial charge in [0.2, 0.25) is 0 Å². The summed E-state index contributed by atoms with van der Waals surface area (Å²) in [7, 11) is 0. The van der Waals surface area contributed by atoms with Crippen molar-refractivity contribution in [3.8, 4) is 11.5 Å². The van der Waals surface area contributed by atoms with Crippen LogP contribution in [-0.4, -0.2) is 5.84 Å². The Hall–Kier alpha value is -1.23. The van der Waals surface area contributed by atoms with Crippen molar-refractivity contribution < 1.29 is 4.74 Å². The highest BCUT2D eigenvalue weighted by Crippen LogP contribution is 2.35. The molecule has 0 atom stereocenters. The Bertz CT molecular complexity index is 647. The molecule has 0 unspecified atom stereocenters. The molecule has 2 rings (SSSR count). The normalized spacial score (nSPS) is 10.3. The highest BCUT2D eigenvalue weighted by Gasteiger charge is 2.08. The van der Waals surface area contributed by atoms with Gasteiger partial charge in [-0.2, -0.15) is 0 Å². The zero-order chi connectivity index (χ0) is 14.0. The molecule has 0 fully saturated rings. The predicted molar refractivity (Wildman–Crippen MR) is 81.7 cm³/mol. The maximum absolute atomic E-state index is 7.36. The molecule has 2 aromatic carbocycles. The van der Waals surface area contributed by atoms with Gasteiger partial charge in [0.1, 0.15) is 17.3 Å². The van der Waals surface area contributed by atoms with Crippen LogP contribution in [0.25, 0.3) is 0 Å². The molecule has 0 spiro atoms. The first-order valence-electron chi connectivity index (χ1n) is 5.24. The summed E-state index contributed by atoms with van der Waals surface area (Å²) >= 11 is 15.3. The highest BCUT2D eigenvalue weighted by atomic mass is 79.9. The van der Waals surface area contributed by atoms with E-state index in [0.717, 1.165) is 0 Å². The lowest BCUT2D eigenvalue weighted by Crippen LogP contribution is -2.10. The van der Waals surface area contributed by atoms with Crippen molar-refractivity contribution in [2.45, 2.75) is 0 Å². The molecule has 6 heteroatoms. The Balaban J connectivity index is 2.33. The van der Waals surface area contributed by atoms with Gasteiger partial charge >= 0.3 is 0 Å². The molecule has 3 nitrogen and oxygen atoms in total. The fourth-order valence-electron chi connectivity index (χ4n) is 1.43. The van der Waals surface area contributed by atoms with Gasteiger partial charge in [-0.05, 0) is 46.3 Å². The molecule has 0 saturated heterocycles. The first-order chi connectivity index (χ1) is 8.97. The summed E-state index contributed by atoms with van der Waals surface area (Å²) in [6.45, 7) is 0. The molecule has 19 heavy (non-hydrogen) atoms. The van der Waals surface area contributed by atoms with E-state index in [1.807, 2.05) is 0 Å². The molecule has 0 aliphatic carbocycles. The van der Waals surface area contributed by atoms with Crippen LogP contribution in [0.1, 0.15) is 5.56 Å². The van der Waals surface area contributed by atoms with Gasteiger partial charge in [-0.1, -0.05) is 23.2 Å². The Morgan fingerprint density at radius 1 is 1.11 bits per heavy atom. The van der Waals surface area contributed by atoms with Gasteiger partial charge in [-0.15, -0.1) is 0 Å². The van der Waals surface area contributed by atoms with Crippen LogP contribution in [0.4, 0.5) is 0 Å². The number of nitrogen functional groups attached to an aromatic ring is 1. The summed E-state index contributed by atoms with van der Waals surface area (Å²) in [5.41, 5.74) is 6.02. The number of rotatable bonds is 3. The lowest BCUT2D eigenvalue weighted by atomic mass is 10.2. The second kappa shape index (κ2) is 5.82. The van der Waals surface area contributed by atoms with Crippen LogP contribution in [-0.2, 0) is 0 Å². The van der Waals surface area contributed by atoms with Crippen LogP contribution in [0.15, 0.2) is 40.9 Å². The third-order valence-corrected chi connectivity index (χ3v) is 3.52. The van der Waals surface area contributed by atoms with E-state index in [9.17, 15) is 0 Å². The molecule has 0 radical (unpaired) electrons. The molecular formula is C13H9BrCl2N2O. The standard InChI is InChI=1S/C13H9BrCl2N2O/c14-9-5-7(13(17)18)1-4-11(9)19-12-6-8(15)2-3-10(12)16/h1-6H,(H3,17,18). The van der Waals surface area contributed by atoms with Crippen molar-refractivity contribution in [2.75, 3.05) is 0 Å². The van der Waals surface area contributed by atoms with E-state index in [2.05, 4.69) is 15.9 Å². The minimum absolute atomic E-state index is 0.00645.